The number of nitrogens with one attached hydrogen (secondary N) is 1. The molecular formula is C30H25N3O4S2. The normalized spacial score (nSPS) is 20.1. The SMILES string of the molecule is Cc1ccc(NC(=O)Cn2c3c(sc2=O)[C@H](c2ccccc2)C2C(=O)N(c4ccc(C)cc4)C(=O)C2S3)cc1. The first-order chi connectivity index (χ1) is 18.8. The van der Waals surface area contributed by atoms with Crippen molar-refractivity contribution in [1.29, 1.82) is 0 Å². The number of aryl methyl sites for hydroxylation is 2. The van der Waals surface area contributed by atoms with Gasteiger partial charge in [0, 0.05) is 16.5 Å². The van der Waals surface area contributed by atoms with Crippen LogP contribution < -0.4 is 15.1 Å². The van der Waals surface area contributed by atoms with Crippen LogP contribution in [-0.4, -0.2) is 27.5 Å². The molecule has 3 heterocycles. The Balaban J connectivity index is 1.39. The highest BCUT2D eigenvalue weighted by molar-refractivity contribution is 8.00. The summed E-state index contributed by atoms with van der Waals surface area (Å²) in [4.78, 5) is 55.5. The molecule has 2 aliphatic heterocycles. The molecule has 2 aliphatic rings. The maximum atomic E-state index is 13.9. The van der Waals surface area contributed by atoms with Gasteiger partial charge < -0.3 is 5.32 Å². The second-order valence-electron chi connectivity index (χ2n) is 9.84. The molecule has 0 aliphatic carbocycles. The lowest BCUT2D eigenvalue weighted by molar-refractivity contribution is -0.122. The highest BCUT2D eigenvalue weighted by atomic mass is 32.2. The number of carbonyl (C=O) groups is 3. The minimum absolute atomic E-state index is 0.186. The maximum absolute atomic E-state index is 13.9. The molecule has 0 spiro atoms. The van der Waals surface area contributed by atoms with Crippen LogP contribution in [0.15, 0.2) is 88.7 Å². The Bertz CT molecular complexity index is 1640. The first-order valence-electron chi connectivity index (χ1n) is 12.6. The number of hydrogen-bond acceptors (Lipinski definition) is 6. The van der Waals surface area contributed by atoms with E-state index in [4.69, 9.17) is 0 Å². The number of aromatic nitrogens is 1. The number of anilines is 2. The van der Waals surface area contributed by atoms with Crippen LogP contribution in [0.1, 0.15) is 27.5 Å². The largest absolute Gasteiger partial charge is 0.325 e. The zero-order chi connectivity index (χ0) is 27.3. The van der Waals surface area contributed by atoms with Crippen LogP contribution >= 0.6 is 23.1 Å². The van der Waals surface area contributed by atoms with Crippen molar-refractivity contribution >= 4 is 52.2 Å². The Morgan fingerprint density at radius 2 is 1.49 bits per heavy atom. The summed E-state index contributed by atoms with van der Waals surface area (Å²) in [5.74, 6) is -2.05. The number of benzene rings is 3. The molecule has 2 unspecified atom stereocenters. The van der Waals surface area contributed by atoms with Gasteiger partial charge in [0.25, 0.3) is 0 Å². The number of carbonyl (C=O) groups excluding carboxylic acids is 3. The van der Waals surface area contributed by atoms with Gasteiger partial charge in [0.05, 0.1) is 16.6 Å². The van der Waals surface area contributed by atoms with Crippen molar-refractivity contribution in [1.82, 2.24) is 4.57 Å². The van der Waals surface area contributed by atoms with Gasteiger partial charge in [-0.05, 0) is 43.7 Å². The molecule has 196 valence electrons. The second kappa shape index (κ2) is 9.98. The van der Waals surface area contributed by atoms with Crippen molar-refractivity contribution in [3.8, 4) is 0 Å². The minimum Gasteiger partial charge on any atom is -0.325 e. The number of amides is 3. The Kier molecular flexibility index (Phi) is 6.48. The summed E-state index contributed by atoms with van der Waals surface area (Å²) in [6.45, 7) is 3.73. The van der Waals surface area contributed by atoms with E-state index in [1.54, 1.807) is 12.1 Å². The van der Waals surface area contributed by atoms with Gasteiger partial charge in [-0.15, -0.1) is 0 Å². The highest BCUT2D eigenvalue weighted by Gasteiger charge is 2.56. The summed E-state index contributed by atoms with van der Waals surface area (Å²) in [5, 5.41) is 2.71. The van der Waals surface area contributed by atoms with Gasteiger partial charge in [-0.3, -0.25) is 23.7 Å². The molecule has 39 heavy (non-hydrogen) atoms. The molecule has 1 saturated heterocycles. The van der Waals surface area contributed by atoms with Crippen molar-refractivity contribution < 1.29 is 14.4 Å². The predicted octanol–water partition coefficient (Wildman–Crippen LogP) is 4.96. The molecule has 7 nitrogen and oxygen atoms in total. The number of hydrogen-bond donors (Lipinski definition) is 1. The molecule has 1 fully saturated rings. The quantitative estimate of drug-likeness (QED) is 0.352. The van der Waals surface area contributed by atoms with Gasteiger partial charge in [-0.2, -0.15) is 0 Å². The number of imide groups is 1. The molecule has 0 radical (unpaired) electrons. The fraction of sp³-hybridized carbons (Fsp3) is 0.200. The number of nitrogens with zero attached hydrogens (tertiary/aromatic N) is 2. The second-order valence-corrected chi connectivity index (χ2v) is 12.0. The lowest BCUT2D eigenvalue weighted by Crippen LogP contribution is -2.33. The summed E-state index contributed by atoms with van der Waals surface area (Å²) >= 11 is 2.26. The number of thioether (sulfide) groups is 1. The zero-order valence-corrected chi connectivity index (χ0v) is 22.9. The smallest absolute Gasteiger partial charge is 0.308 e. The molecule has 0 saturated carbocycles. The summed E-state index contributed by atoms with van der Waals surface area (Å²) in [6, 6.07) is 24.3. The Labute approximate surface area is 233 Å². The van der Waals surface area contributed by atoms with E-state index in [1.165, 1.54) is 21.2 Å². The van der Waals surface area contributed by atoms with Crippen LogP contribution in [0.25, 0.3) is 0 Å². The first-order valence-corrected chi connectivity index (χ1v) is 14.3. The fourth-order valence-electron chi connectivity index (χ4n) is 5.20. The number of fused-ring (bicyclic) bond motifs is 2. The Morgan fingerprint density at radius 3 is 2.15 bits per heavy atom. The maximum Gasteiger partial charge on any atom is 0.308 e. The molecular weight excluding hydrogens is 530 g/mol. The molecule has 9 heteroatoms. The average Bonchev–Trinajstić information content (AvgIpc) is 3.37. The van der Waals surface area contributed by atoms with Gasteiger partial charge in [-0.1, -0.05) is 88.8 Å². The van der Waals surface area contributed by atoms with Crippen LogP contribution in [0, 0.1) is 19.8 Å². The van der Waals surface area contributed by atoms with Gasteiger partial charge in [0.1, 0.15) is 11.8 Å². The molecule has 3 atom stereocenters. The van der Waals surface area contributed by atoms with Crippen molar-refractivity contribution in [2.75, 3.05) is 10.2 Å². The number of rotatable bonds is 5. The lowest BCUT2D eigenvalue weighted by Gasteiger charge is -2.30. The average molecular weight is 556 g/mol. The predicted molar refractivity (Wildman–Crippen MR) is 153 cm³/mol. The van der Waals surface area contributed by atoms with E-state index in [2.05, 4.69) is 5.32 Å². The van der Waals surface area contributed by atoms with Crippen LogP contribution in [0.4, 0.5) is 11.4 Å². The Morgan fingerprint density at radius 1 is 0.846 bits per heavy atom. The zero-order valence-electron chi connectivity index (χ0n) is 21.3. The summed E-state index contributed by atoms with van der Waals surface area (Å²) in [6.07, 6.45) is 0. The number of thiazole rings is 1. The topological polar surface area (TPSA) is 88.5 Å². The summed E-state index contributed by atoms with van der Waals surface area (Å²) in [5.41, 5.74) is 4.14. The van der Waals surface area contributed by atoms with E-state index < -0.39 is 17.1 Å². The first kappa shape index (κ1) is 25.3. The molecule has 3 amide bonds. The molecule has 1 N–H and O–H groups in total. The van der Waals surface area contributed by atoms with E-state index in [0.29, 0.717) is 21.3 Å². The van der Waals surface area contributed by atoms with Crippen LogP contribution in [0.3, 0.4) is 0 Å². The van der Waals surface area contributed by atoms with Gasteiger partial charge in [-0.25, -0.2) is 4.90 Å². The molecule has 4 aromatic rings. The van der Waals surface area contributed by atoms with Crippen LogP contribution in [0.2, 0.25) is 0 Å². The molecule has 3 aromatic carbocycles. The third-order valence-corrected chi connectivity index (χ3v) is 9.74. The van der Waals surface area contributed by atoms with Crippen molar-refractivity contribution in [3.63, 3.8) is 0 Å². The van der Waals surface area contributed by atoms with Gasteiger partial charge in [0.15, 0.2) is 0 Å². The van der Waals surface area contributed by atoms with Gasteiger partial charge in [0.2, 0.25) is 17.7 Å². The van der Waals surface area contributed by atoms with Crippen molar-refractivity contribution in [2.45, 2.75) is 36.6 Å². The lowest BCUT2D eigenvalue weighted by atomic mass is 9.83. The Hall–Kier alpha value is -3.95. The third kappa shape index (κ3) is 4.51. The van der Waals surface area contributed by atoms with E-state index in [9.17, 15) is 19.2 Å². The minimum atomic E-state index is -0.711. The monoisotopic (exact) mass is 555 g/mol. The molecule has 1 aromatic heterocycles. The fourth-order valence-corrected chi connectivity index (χ4v) is 7.98. The van der Waals surface area contributed by atoms with Crippen molar-refractivity contribution in [3.05, 3.63) is 110 Å². The summed E-state index contributed by atoms with van der Waals surface area (Å²) in [7, 11) is 0. The van der Waals surface area contributed by atoms with E-state index >= 15 is 0 Å². The van der Waals surface area contributed by atoms with Crippen LogP contribution in [-0.2, 0) is 20.9 Å². The van der Waals surface area contributed by atoms with Crippen LogP contribution in [0.5, 0.6) is 0 Å². The third-order valence-electron chi connectivity index (χ3n) is 7.14. The highest BCUT2D eigenvalue weighted by Crippen LogP contribution is 2.53. The van der Waals surface area contributed by atoms with Crippen molar-refractivity contribution in [2.24, 2.45) is 5.92 Å². The molecule has 0 bridgehead atoms. The van der Waals surface area contributed by atoms with E-state index in [1.807, 2.05) is 80.6 Å². The standard InChI is InChI=1S/C30H25N3O4S2/c1-17-8-12-20(13-9-17)31-22(34)16-32-29-26(39-30(32)37)23(19-6-4-3-5-7-19)24-25(38-29)28(36)33(27(24)35)21-14-10-18(2)11-15-21/h3-15,23-25H,16H2,1-2H3,(H,31,34)/t23-,24?,25?/m1/s1. The summed E-state index contributed by atoms with van der Waals surface area (Å²) < 4.78 is 1.44. The van der Waals surface area contributed by atoms with Gasteiger partial charge >= 0.3 is 4.87 Å². The van der Waals surface area contributed by atoms with E-state index in [0.717, 1.165) is 28.0 Å². The molecule has 6 rings (SSSR count). The van der Waals surface area contributed by atoms with E-state index in [-0.39, 0.29) is 29.1 Å².